The Kier molecular flexibility index (Phi) is 7.47. The number of nitrogens with zero attached hydrogens (tertiary/aromatic N) is 1. The molecular formula is C22H25FN2O5S2. The van der Waals surface area contributed by atoms with Crippen LogP contribution >= 0.6 is 11.3 Å². The first-order valence-corrected chi connectivity index (χ1v) is 12.4. The molecule has 10 heteroatoms. The minimum absolute atomic E-state index is 0.0146. The van der Waals surface area contributed by atoms with Crippen molar-refractivity contribution in [1.29, 1.82) is 0 Å². The van der Waals surface area contributed by atoms with Gasteiger partial charge in [0, 0.05) is 23.5 Å². The summed E-state index contributed by atoms with van der Waals surface area (Å²) in [7, 11) is -2.85. The number of carbonyl (C=O) groups is 2. The van der Waals surface area contributed by atoms with Gasteiger partial charge in [-0.15, -0.1) is 11.3 Å². The Morgan fingerprint density at radius 1 is 1.31 bits per heavy atom. The maximum absolute atomic E-state index is 13.8. The number of amides is 1. The molecule has 2 heterocycles. The molecule has 1 aliphatic rings. The summed E-state index contributed by atoms with van der Waals surface area (Å²) in [5.74, 6) is -1.27. The Labute approximate surface area is 190 Å². The number of hydrogen-bond acceptors (Lipinski definition) is 6. The summed E-state index contributed by atoms with van der Waals surface area (Å²) in [5.41, 5.74) is 1.60. The summed E-state index contributed by atoms with van der Waals surface area (Å²) >= 11 is 0.964. The van der Waals surface area contributed by atoms with Gasteiger partial charge in [0.2, 0.25) is 5.91 Å². The van der Waals surface area contributed by atoms with Gasteiger partial charge < -0.3 is 9.64 Å². The van der Waals surface area contributed by atoms with E-state index >= 15 is 0 Å². The van der Waals surface area contributed by atoms with E-state index in [4.69, 9.17) is 4.74 Å². The molecule has 32 heavy (non-hydrogen) atoms. The summed E-state index contributed by atoms with van der Waals surface area (Å²) in [5, 5.41) is 0. The van der Waals surface area contributed by atoms with Crippen molar-refractivity contribution < 1.29 is 27.1 Å². The Balaban J connectivity index is 1.87. The summed E-state index contributed by atoms with van der Waals surface area (Å²) in [6, 6.07) is 6.15. The van der Waals surface area contributed by atoms with Gasteiger partial charge in [-0.05, 0) is 43.9 Å². The second-order valence-corrected chi connectivity index (χ2v) is 10.4. The SMILES string of the molecule is CC=C(C)C(=O)N1CCc2c(sc(S(=O)(=O)NCCc3ccccc3F)c2C(=O)OC)C1. The quantitative estimate of drug-likeness (QED) is 0.486. The molecule has 0 fully saturated rings. The second kappa shape index (κ2) is 9.93. The molecule has 2 aromatic rings. The van der Waals surface area contributed by atoms with Gasteiger partial charge in [-0.2, -0.15) is 0 Å². The Bertz CT molecular complexity index is 1170. The normalized spacial score (nSPS) is 14.2. The average molecular weight is 481 g/mol. The summed E-state index contributed by atoms with van der Waals surface area (Å²) in [6.45, 7) is 4.07. The molecule has 1 aromatic heterocycles. The van der Waals surface area contributed by atoms with Gasteiger partial charge in [-0.1, -0.05) is 24.3 Å². The smallest absolute Gasteiger partial charge is 0.340 e. The van der Waals surface area contributed by atoms with Crippen LogP contribution in [0.4, 0.5) is 4.39 Å². The monoisotopic (exact) mass is 480 g/mol. The average Bonchev–Trinajstić information content (AvgIpc) is 3.18. The highest BCUT2D eigenvalue weighted by molar-refractivity contribution is 7.91. The number of methoxy groups -OCH3 is 1. The van der Waals surface area contributed by atoms with E-state index in [9.17, 15) is 22.4 Å². The van der Waals surface area contributed by atoms with Gasteiger partial charge in [0.1, 0.15) is 10.0 Å². The molecule has 0 unspecified atom stereocenters. The lowest BCUT2D eigenvalue weighted by Gasteiger charge is -2.27. The highest BCUT2D eigenvalue weighted by atomic mass is 32.2. The number of carbonyl (C=O) groups excluding carboxylic acids is 2. The van der Waals surface area contributed by atoms with Crippen molar-refractivity contribution in [2.75, 3.05) is 20.2 Å². The van der Waals surface area contributed by atoms with Gasteiger partial charge in [0.15, 0.2) is 0 Å². The first kappa shape index (κ1) is 24.1. The molecule has 0 spiro atoms. The van der Waals surface area contributed by atoms with Gasteiger partial charge >= 0.3 is 5.97 Å². The van der Waals surface area contributed by atoms with Gasteiger partial charge in [0.25, 0.3) is 10.0 Å². The third-order valence-electron chi connectivity index (χ3n) is 5.36. The summed E-state index contributed by atoms with van der Waals surface area (Å²) in [4.78, 5) is 27.3. The molecule has 0 saturated carbocycles. The van der Waals surface area contributed by atoms with E-state index in [0.717, 1.165) is 11.3 Å². The number of allylic oxidation sites excluding steroid dienone is 1. The fourth-order valence-electron chi connectivity index (χ4n) is 3.51. The van der Waals surface area contributed by atoms with Crippen LogP contribution in [0.3, 0.4) is 0 Å². The second-order valence-electron chi connectivity index (χ2n) is 7.35. The van der Waals surface area contributed by atoms with E-state index in [0.29, 0.717) is 34.5 Å². The van der Waals surface area contributed by atoms with Gasteiger partial charge in [0.05, 0.1) is 19.2 Å². The van der Waals surface area contributed by atoms with Crippen molar-refractivity contribution >= 4 is 33.2 Å². The zero-order valence-corrected chi connectivity index (χ0v) is 19.7. The van der Waals surface area contributed by atoms with Crippen LogP contribution in [0.2, 0.25) is 0 Å². The number of rotatable bonds is 7. The highest BCUT2D eigenvalue weighted by Gasteiger charge is 2.35. The maximum atomic E-state index is 13.8. The van der Waals surface area contributed by atoms with Gasteiger partial charge in [-0.3, -0.25) is 4.79 Å². The lowest BCUT2D eigenvalue weighted by atomic mass is 10.0. The molecule has 0 atom stereocenters. The zero-order chi connectivity index (χ0) is 23.5. The molecular weight excluding hydrogens is 455 g/mol. The minimum Gasteiger partial charge on any atom is -0.465 e. The number of ether oxygens (including phenoxy) is 1. The fraction of sp³-hybridized carbons (Fsp3) is 0.364. The number of benzene rings is 1. The van der Waals surface area contributed by atoms with Gasteiger partial charge in [-0.25, -0.2) is 22.3 Å². The number of halogens is 1. The van der Waals surface area contributed by atoms with E-state index in [1.54, 1.807) is 43.0 Å². The van der Waals surface area contributed by atoms with E-state index in [1.807, 2.05) is 0 Å². The largest absolute Gasteiger partial charge is 0.465 e. The molecule has 0 aliphatic carbocycles. The van der Waals surface area contributed by atoms with Crippen LogP contribution in [-0.2, 0) is 38.9 Å². The van der Waals surface area contributed by atoms with Crippen molar-refractivity contribution in [3.63, 3.8) is 0 Å². The molecule has 0 radical (unpaired) electrons. The van der Waals surface area contributed by atoms with Crippen molar-refractivity contribution in [3.05, 3.63) is 63.3 Å². The molecule has 1 aromatic carbocycles. The topological polar surface area (TPSA) is 92.8 Å². The van der Waals surface area contributed by atoms with E-state index in [2.05, 4.69) is 4.72 Å². The lowest BCUT2D eigenvalue weighted by Crippen LogP contribution is -2.36. The van der Waals surface area contributed by atoms with E-state index in [-0.39, 0.29) is 35.2 Å². The van der Waals surface area contributed by atoms with Crippen LogP contribution in [-0.4, -0.2) is 45.4 Å². The van der Waals surface area contributed by atoms with Crippen molar-refractivity contribution in [2.45, 2.75) is 37.4 Å². The molecule has 0 bridgehead atoms. The molecule has 3 rings (SSSR count). The standard InChI is InChI=1S/C22H25FN2O5S2/c1-4-14(2)20(26)25-12-10-16-18(13-25)31-22(19(16)21(27)30-3)32(28,29)24-11-9-15-7-5-6-8-17(15)23/h4-8,24H,9-13H2,1-3H3. The van der Waals surface area contributed by atoms with Crippen LogP contribution in [0.1, 0.15) is 40.2 Å². The minimum atomic E-state index is -4.05. The third kappa shape index (κ3) is 4.92. The predicted molar refractivity (Wildman–Crippen MR) is 120 cm³/mol. The number of thiophene rings is 1. The summed E-state index contributed by atoms with van der Waals surface area (Å²) < 4.78 is 47.1. The molecule has 0 saturated heterocycles. The van der Waals surface area contributed by atoms with Crippen LogP contribution in [0.15, 0.2) is 40.1 Å². The number of fused-ring (bicyclic) bond motifs is 1. The Morgan fingerprint density at radius 2 is 2.03 bits per heavy atom. The number of sulfonamides is 1. The Hall–Kier alpha value is -2.56. The fourth-order valence-corrected chi connectivity index (χ4v) is 6.48. The first-order chi connectivity index (χ1) is 15.2. The molecule has 1 N–H and O–H groups in total. The van der Waals surface area contributed by atoms with Crippen LogP contribution in [0.5, 0.6) is 0 Å². The maximum Gasteiger partial charge on any atom is 0.340 e. The molecule has 1 amide bonds. The first-order valence-electron chi connectivity index (χ1n) is 10.1. The number of nitrogens with one attached hydrogen (secondary N) is 1. The van der Waals surface area contributed by atoms with Crippen molar-refractivity contribution in [2.24, 2.45) is 0 Å². The number of hydrogen-bond donors (Lipinski definition) is 1. The van der Waals surface area contributed by atoms with Crippen LogP contribution < -0.4 is 4.72 Å². The lowest BCUT2D eigenvalue weighted by molar-refractivity contribution is -0.127. The van der Waals surface area contributed by atoms with E-state index in [1.165, 1.54) is 13.2 Å². The van der Waals surface area contributed by atoms with Crippen molar-refractivity contribution in [1.82, 2.24) is 9.62 Å². The Morgan fingerprint density at radius 3 is 2.69 bits per heavy atom. The van der Waals surface area contributed by atoms with E-state index < -0.39 is 21.8 Å². The molecule has 1 aliphatic heterocycles. The highest BCUT2D eigenvalue weighted by Crippen LogP contribution is 2.37. The zero-order valence-electron chi connectivity index (χ0n) is 18.1. The molecule has 172 valence electrons. The van der Waals surface area contributed by atoms with Crippen LogP contribution in [0.25, 0.3) is 0 Å². The predicted octanol–water partition coefficient (Wildman–Crippen LogP) is 3.05. The third-order valence-corrected chi connectivity index (χ3v) is 8.56. The van der Waals surface area contributed by atoms with Crippen molar-refractivity contribution in [3.8, 4) is 0 Å². The molecule has 7 nitrogen and oxygen atoms in total. The number of esters is 1. The van der Waals surface area contributed by atoms with Crippen LogP contribution in [0, 0.1) is 5.82 Å². The summed E-state index contributed by atoms with van der Waals surface area (Å²) in [6.07, 6.45) is 2.24.